The van der Waals surface area contributed by atoms with Crippen molar-refractivity contribution in [2.75, 3.05) is 20.1 Å². The number of likely N-dealkylation sites (tertiary alicyclic amines) is 1. The monoisotopic (exact) mass is 250 g/mol. The fourth-order valence-corrected chi connectivity index (χ4v) is 3.38. The molecular weight excluding hydrogens is 220 g/mol. The van der Waals surface area contributed by atoms with E-state index in [4.69, 9.17) is 0 Å². The van der Waals surface area contributed by atoms with Crippen LogP contribution in [-0.4, -0.2) is 37.1 Å². The lowest BCUT2D eigenvalue weighted by atomic mass is 9.89. The lowest BCUT2D eigenvalue weighted by Gasteiger charge is -2.40. The summed E-state index contributed by atoms with van der Waals surface area (Å²) in [7, 11) is 2.25. The summed E-state index contributed by atoms with van der Waals surface area (Å²) in [5.41, 5.74) is 1.70. The molecule has 2 heteroatoms. The Labute approximate surface area is 113 Å². The number of rotatable bonds is 4. The molecule has 2 nitrogen and oxygen atoms in total. The van der Waals surface area contributed by atoms with Crippen molar-refractivity contribution in [3.05, 3.63) is 11.6 Å². The van der Waals surface area contributed by atoms with Crippen LogP contribution >= 0.6 is 0 Å². The Hall–Kier alpha value is -0.340. The zero-order chi connectivity index (χ0) is 13.0. The van der Waals surface area contributed by atoms with Crippen LogP contribution in [0.1, 0.15) is 52.4 Å². The second-order valence-electron chi connectivity index (χ2n) is 6.42. The molecule has 1 aliphatic heterocycles. The third-order valence-electron chi connectivity index (χ3n) is 4.85. The highest BCUT2D eigenvalue weighted by Gasteiger charge is 2.28. The smallest absolute Gasteiger partial charge is 0.0120 e. The van der Waals surface area contributed by atoms with E-state index in [9.17, 15) is 0 Å². The van der Waals surface area contributed by atoms with Gasteiger partial charge >= 0.3 is 0 Å². The standard InChI is InChI=1S/C16H30N2/c1-13-12-18(3)14(2)11-16(13)17-10-9-15-7-5-4-6-8-15/h7,13-14,16-17H,4-6,8-12H2,1-3H3. The average Bonchev–Trinajstić information content (AvgIpc) is 2.37. The Morgan fingerprint density at radius 1 is 1.33 bits per heavy atom. The van der Waals surface area contributed by atoms with Crippen molar-refractivity contribution in [3.63, 3.8) is 0 Å². The summed E-state index contributed by atoms with van der Waals surface area (Å²) < 4.78 is 0. The Morgan fingerprint density at radius 3 is 2.89 bits per heavy atom. The Bertz CT molecular complexity index is 285. The molecule has 0 radical (unpaired) electrons. The summed E-state index contributed by atoms with van der Waals surface area (Å²) in [5, 5.41) is 3.80. The van der Waals surface area contributed by atoms with Gasteiger partial charge in [-0.3, -0.25) is 0 Å². The normalized spacial score (nSPS) is 34.4. The van der Waals surface area contributed by atoms with E-state index in [1.807, 2.05) is 0 Å². The third-order valence-corrected chi connectivity index (χ3v) is 4.85. The number of nitrogens with one attached hydrogen (secondary N) is 1. The molecule has 0 saturated carbocycles. The predicted molar refractivity (Wildman–Crippen MR) is 78.8 cm³/mol. The van der Waals surface area contributed by atoms with Gasteiger partial charge in [0.1, 0.15) is 0 Å². The molecule has 104 valence electrons. The van der Waals surface area contributed by atoms with Crippen molar-refractivity contribution >= 4 is 0 Å². The number of hydrogen-bond acceptors (Lipinski definition) is 2. The van der Waals surface area contributed by atoms with Gasteiger partial charge in [0.2, 0.25) is 0 Å². The van der Waals surface area contributed by atoms with Gasteiger partial charge < -0.3 is 10.2 Å². The van der Waals surface area contributed by atoms with Gasteiger partial charge in [-0.05, 0) is 65.0 Å². The molecular formula is C16H30N2. The Kier molecular flexibility index (Phi) is 5.25. The van der Waals surface area contributed by atoms with Crippen molar-refractivity contribution in [3.8, 4) is 0 Å². The van der Waals surface area contributed by atoms with Crippen LogP contribution in [-0.2, 0) is 0 Å². The maximum absolute atomic E-state index is 3.80. The minimum absolute atomic E-state index is 0.723. The maximum Gasteiger partial charge on any atom is 0.0120 e. The second-order valence-corrected chi connectivity index (χ2v) is 6.42. The van der Waals surface area contributed by atoms with E-state index >= 15 is 0 Å². The highest BCUT2D eigenvalue weighted by molar-refractivity contribution is 5.05. The number of nitrogens with zero attached hydrogens (tertiary/aromatic N) is 1. The minimum Gasteiger partial charge on any atom is -0.313 e. The largest absolute Gasteiger partial charge is 0.313 e. The van der Waals surface area contributed by atoms with E-state index in [0.29, 0.717) is 0 Å². The first-order chi connectivity index (χ1) is 8.66. The highest BCUT2D eigenvalue weighted by Crippen LogP contribution is 2.22. The van der Waals surface area contributed by atoms with Crippen molar-refractivity contribution in [1.29, 1.82) is 0 Å². The number of allylic oxidation sites excluding steroid dienone is 1. The lowest BCUT2D eigenvalue weighted by Crippen LogP contribution is -2.51. The number of hydrogen-bond donors (Lipinski definition) is 1. The van der Waals surface area contributed by atoms with Crippen LogP contribution < -0.4 is 5.32 Å². The van der Waals surface area contributed by atoms with Gasteiger partial charge in [0.15, 0.2) is 0 Å². The van der Waals surface area contributed by atoms with Crippen molar-refractivity contribution in [2.45, 2.75) is 64.5 Å². The molecule has 0 spiro atoms. The summed E-state index contributed by atoms with van der Waals surface area (Å²) in [6, 6.07) is 1.45. The summed E-state index contributed by atoms with van der Waals surface area (Å²) in [4.78, 5) is 2.49. The first-order valence-corrected chi connectivity index (χ1v) is 7.78. The quantitative estimate of drug-likeness (QED) is 0.771. The minimum atomic E-state index is 0.723. The van der Waals surface area contributed by atoms with Crippen LogP contribution in [0.2, 0.25) is 0 Å². The molecule has 1 N–H and O–H groups in total. The van der Waals surface area contributed by atoms with Crippen molar-refractivity contribution in [2.24, 2.45) is 5.92 Å². The fourth-order valence-electron chi connectivity index (χ4n) is 3.38. The lowest BCUT2D eigenvalue weighted by molar-refractivity contribution is 0.122. The van der Waals surface area contributed by atoms with Gasteiger partial charge in [0.25, 0.3) is 0 Å². The summed E-state index contributed by atoms with van der Waals surface area (Å²) >= 11 is 0. The molecule has 2 aliphatic rings. The Balaban J connectivity index is 1.71. The van der Waals surface area contributed by atoms with Crippen LogP contribution in [0.25, 0.3) is 0 Å². The summed E-state index contributed by atoms with van der Waals surface area (Å²) in [6.07, 6.45) is 10.5. The van der Waals surface area contributed by atoms with Gasteiger partial charge in [-0.15, -0.1) is 0 Å². The van der Waals surface area contributed by atoms with Crippen molar-refractivity contribution in [1.82, 2.24) is 10.2 Å². The average molecular weight is 250 g/mol. The molecule has 18 heavy (non-hydrogen) atoms. The molecule has 1 heterocycles. The van der Waals surface area contributed by atoms with Gasteiger partial charge in [0.05, 0.1) is 0 Å². The first kappa shape index (κ1) is 14.1. The SMILES string of the molecule is CC1CN(C)C(C)CC1NCCC1=CCCCC1. The third kappa shape index (κ3) is 3.83. The van der Waals surface area contributed by atoms with E-state index in [0.717, 1.165) is 18.0 Å². The molecule has 2 rings (SSSR count). The number of piperidine rings is 1. The van der Waals surface area contributed by atoms with E-state index in [-0.39, 0.29) is 0 Å². The van der Waals surface area contributed by atoms with Crippen LogP contribution in [0.5, 0.6) is 0 Å². The van der Waals surface area contributed by atoms with E-state index < -0.39 is 0 Å². The first-order valence-electron chi connectivity index (χ1n) is 7.78. The highest BCUT2D eigenvalue weighted by atomic mass is 15.2. The molecule has 0 aromatic carbocycles. The van der Waals surface area contributed by atoms with Gasteiger partial charge in [-0.2, -0.15) is 0 Å². The van der Waals surface area contributed by atoms with Crippen LogP contribution in [0.15, 0.2) is 11.6 Å². The van der Waals surface area contributed by atoms with Crippen molar-refractivity contribution < 1.29 is 0 Å². The van der Waals surface area contributed by atoms with E-state index in [2.05, 4.69) is 37.2 Å². The van der Waals surface area contributed by atoms with Gasteiger partial charge in [0, 0.05) is 18.6 Å². The van der Waals surface area contributed by atoms with E-state index in [1.165, 1.54) is 51.6 Å². The second kappa shape index (κ2) is 6.72. The fraction of sp³-hybridized carbons (Fsp3) is 0.875. The molecule has 0 aromatic rings. The molecule has 1 fully saturated rings. The van der Waals surface area contributed by atoms with Gasteiger partial charge in [-0.1, -0.05) is 18.6 Å². The molecule has 0 amide bonds. The Morgan fingerprint density at radius 2 is 2.17 bits per heavy atom. The van der Waals surface area contributed by atoms with E-state index in [1.54, 1.807) is 5.57 Å². The predicted octanol–water partition coefficient (Wildman–Crippen LogP) is 3.20. The van der Waals surface area contributed by atoms with Crippen LogP contribution in [0.4, 0.5) is 0 Å². The zero-order valence-electron chi connectivity index (χ0n) is 12.4. The van der Waals surface area contributed by atoms with Gasteiger partial charge in [-0.25, -0.2) is 0 Å². The molecule has 1 saturated heterocycles. The molecule has 1 aliphatic carbocycles. The zero-order valence-corrected chi connectivity index (χ0v) is 12.4. The molecule has 3 unspecified atom stereocenters. The summed E-state index contributed by atoms with van der Waals surface area (Å²) in [6.45, 7) is 7.16. The summed E-state index contributed by atoms with van der Waals surface area (Å²) in [5.74, 6) is 0.784. The van der Waals surface area contributed by atoms with Crippen LogP contribution in [0.3, 0.4) is 0 Å². The maximum atomic E-state index is 3.80. The van der Waals surface area contributed by atoms with Crippen LogP contribution in [0, 0.1) is 5.92 Å². The topological polar surface area (TPSA) is 15.3 Å². The molecule has 3 atom stereocenters. The molecule has 0 bridgehead atoms. The molecule has 0 aromatic heterocycles.